The summed E-state index contributed by atoms with van der Waals surface area (Å²) in [6.45, 7) is 5.12. The number of halogens is 3. The Morgan fingerprint density at radius 1 is 1.43 bits per heavy atom. The van der Waals surface area contributed by atoms with E-state index in [1.807, 2.05) is 0 Å². The molecule has 0 spiro atoms. The lowest BCUT2D eigenvalue weighted by Gasteiger charge is -2.11. The fraction of sp³-hybridized carbons (Fsp3) is 0.250. The van der Waals surface area contributed by atoms with Crippen LogP contribution in [0.2, 0.25) is 15.2 Å². The average Bonchev–Trinajstić information content (AvgIpc) is 2.45. The van der Waals surface area contributed by atoms with Gasteiger partial charge in [-0.2, -0.15) is 4.98 Å². The number of aromatic nitrogens is 1. The molecule has 0 saturated carbocycles. The summed E-state index contributed by atoms with van der Waals surface area (Å²) in [7, 11) is 0. The lowest BCUT2D eigenvalue weighted by atomic mass is 10.3. The molecule has 0 unspecified atom stereocenters. The largest absolute Gasteiger partial charge is 0.445 e. The van der Waals surface area contributed by atoms with Crippen molar-refractivity contribution in [2.75, 3.05) is 12.3 Å². The van der Waals surface area contributed by atoms with E-state index in [0.717, 1.165) is 0 Å². The molecule has 6 nitrogen and oxygen atoms in total. The summed E-state index contributed by atoms with van der Waals surface area (Å²) in [6.07, 6.45) is 0.467. The molecule has 0 fully saturated rings. The Morgan fingerprint density at radius 3 is 2.62 bits per heavy atom. The lowest BCUT2D eigenvalue weighted by molar-refractivity contribution is -0.380. The first-order valence-corrected chi connectivity index (χ1v) is 6.87. The van der Waals surface area contributed by atoms with Crippen LogP contribution in [0.3, 0.4) is 0 Å². The highest BCUT2D eigenvalue weighted by Gasteiger charge is 2.29. The molecule has 1 rings (SSSR count). The molecule has 1 aromatic heterocycles. The number of nitrogens with one attached hydrogen (secondary N) is 2. The van der Waals surface area contributed by atoms with Gasteiger partial charge in [0.25, 0.3) is 11.1 Å². The number of carbonyl (C=O) groups excluding carboxylic acids is 2. The van der Waals surface area contributed by atoms with Crippen molar-refractivity contribution >= 4 is 52.4 Å². The third-order valence-corrected chi connectivity index (χ3v) is 3.56. The molecule has 1 atom stereocenters. The smallest absolute Gasteiger partial charge is 0.406 e. The normalized spacial score (nSPS) is 11.6. The number of nitrogens with two attached hydrogens (primary N) is 1. The van der Waals surface area contributed by atoms with Crippen LogP contribution in [-0.2, 0) is 9.53 Å². The summed E-state index contributed by atoms with van der Waals surface area (Å²) in [5, 5.41) is 2.29. The second-order valence-electron chi connectivity index (χ2n) is 3.94. The Kier molecular flexibility index (Phi) is 6.26. The number of hydrogen-bond acceptors (Lipinski definition) is 4. The standard InChI is InChI=1S/C12H12Cl3N3O3/c1-3-4-17-11(19)5(2)21-12(20)9-6(13)8(16)7(14)10(15)18-9/h3,5H,1,4H2,2H3,(H2,16,18)(H,17,19)/p+1/t5-/m0/s1. The number of anilines is 1. The number of ether oxygens (including phenoxy) is 1. The quantitative estimate of drug-likeness (QED) is 0.480. The average molecular weight is 354 g/mol. The molecule has 0 saturated heterocycles. The van der Waals surface area contributed by atoms with Gasteiger partial charge in [0, 0.05) is 6.54 Å². The summed E-state index contributed by atoms with van der Waals surface area (Å²) >= 11 is 17.5. The predicted octanol–water partition coefficient (Wildman–Crippen LogP) is 1.89. The highest BCUT2D eigenvalue weighted by molar-refractivity contribution is 6.45. The van der Waals surface area contributed by atoms with Gasteiger partial charge in [0.05, 0.1) is 5.69 Å². The molecule has 1 heterocycles. The van der Waals surface area contributed by atoms with Crippen molar-refractivity contribution in [1.82, 2.24) is 5.32 Å². The van der Waals surface area contributed by atoms with Gasteiger partial charge in [0.2, 0.25) is 0 Å². The molecule has 21 heavy (non-hydrogen) atoms. The van der Waals surface area contributed by atoms with Crippen molar-refractivity contribution in [2.45, 2.75) is 13.0 Å². The Bertz CT molecular complexity index is 593. The maximum Gasteiger partial charge on any atom is 0.406 e. The number of carbonyl (C=O) groups is 2. The van der Waals surface area contributed by atoms with Crippen LogP contribution in [0.1, 0.15) is 17.4 Å². The minimum Gasteiger partial charge on any atom is -0.445 e. The number of hydrogen-bond donors (Lipinski definition) is 2. The molecule has 4 N–H and O–H groups in total. The van der Waals surface area contributed by atoms with E-state index in [1.165, 1.54) is 13.0 Å². The van der Waals surface area contributed by atoms with Gasteiger partial charge < -0.3 is 15.8 Å². The maximum atomic E-state index is 12.0. The minimum absolute atomic E-state index is 0.00464. The fourth-order valence-corrected chi connectivity index (χ4v) is 1.90. The summed E-state index contributed by atoms with van der Waals surface area (Å²) in [4.78, 5) is 26.0. The molecule has 9 heteroatoms. The number of rotatable bonds is 5. The lowest BCUT2D eigenvalue weighted by Crippen LogP contribution is -2.37. The van der Waals surface area contributed by atoms with E-state index in [-0.39, 0.29) is 33.1 Å². The summed E-state index contributed by atoms with van der Waals surface area (Å²) in [5.41, 5.74) is 5.37. The van der Waals surface area contributed by atoms with Crippen molar-refractivity contribution < 1.29 is 19.3 Å². The Hall–Kier alpha value is -1.50. The summed E-state index contributed by atoms with van der Waals surface area (Å²) in [6, 6.07) is 0. The molecule has 0 aliphatic rings. The molecule has 0 aliphatic carbocycles. The third-order valence-electron chi connectivity index (χ3n) is 2.40. The van der Waals surface area contributed by atoms with E-state index in [2.05, 4.69) is 16.9 Å². The molecule has 0 radical (unpaired) electrons. The first-order valence-electron chi connectivity index (χ1n) is 5.74. The zero-order valence-corrected chi connectivity index (χ0v) is 13.3. The van der Waals surface area contributed by atoms with E-state index in [1.54, 1.807) is 0 Å². The molecule has 114 valence electrons. The first kappa shape index (κ1) is 17.6. The minimum atomic E-state index is -1.03. The van der Waals surface area contributed by atoms with E-state index >= 15 is 0 Å². The Labute approximate surface area is 136 Å². The van der Waals surface area contributed by atoms with Crippen LogP contribution in [0, 0.1) is 0 Å². The van der Waals surface area contributed by atoms with Gasteiger partial charge in [-0.1, -0.05) is 29.3 Å². The SMILES string of the molecule is C=CCNC(=O)[C@H](C)OC(=O)c1[nH+]c(Cl)c(Cl)c(N)c1Cl. The highest BCUT2D eigenvalue weighted by Crippen LogP contribution is 2.32. The predicted molar refractivity (Wildman–Crippen MR) is 80.5 cm³/mol. The third kappa shape index (κ3) is 4.23. The van der Waals surface area contributed by atoms with Crippen molar-refractivity contribution in [2.24, 2.45) is 0 Å². The fourth-order valence-electron chi connectivity index (χ4n) is 1.30. The summed E-state index contributed by atoms with van der Waals surface area (Å²) < 4.78 is 4.97. The number of aromatic amines is 1. The maximum absolute atomic E-state index is 12.0. The molecular formula is C12H13Cl3N3O3+. The molecule has 0 bridgehead atoms. The van der Waals surface area contributed by atoms with Gasteiger partial charge in [-0.3, -0.25) is 4.79 Å². The topological polar surface area (TPSA) is 95.6 Å². The van der Waals surface area contributed by atoms with Crippen LogP contribution in [0.25, 0.3) is 0 Å². The number of esters is 1. The molecule has 0 aliphatic heterocycles. The van der Waals surface area contributed by atoms with Crippen LogP contribution >= 0.6 is 34.8 Å². The monoisotopic (exact) mass is 352 g/mol. The molecule has 1 aromatic rings. The first-order chi connectivity index (χ1) is 9.79. The highest BCUT2D eigenvalue weighted by atomic mass is 35.5. The second-order valence-corrected chi connectivity index (χ2v) is 5.07. The van der Waals surface area contributed by atoms with Crippen molar-refractivity contribution in [3.05, 3.63) is 33.5 Å². The van der Waals surface area contributed by atoms with E-state index < -0.39 is 18.0 Å². The van der Waals surface area contributed by atoms with Gasteiger partial charge in [-0.05, 0) is 18.5 Å². The number of amides is 1. The summed E-state index contributed by atoms with van der Waals surface area (Å²) in [5.74, 6) is -1.36. The Balaban J connectivity index is 2.90. The van der Waals surface area contributed by atoms with E-state index in [4.69, 9.17) is 45.3 Å². The van der Waals surface area contributed by atoms with E-state index in [0.29, 0.717) is 0 Å². The molecule has 1 amide bonds. The molecule has 0 aromatic carbocycles. The Morgan fingerprint density at radius 2 is 2.05 bits per heavy atom. The van der Waals surface area contributed by atoms with Crippen LogP contribution in [0.5, 0.6) is 0 Å². The van der Waals surface area contributed by atoms with Gasteiger partial charge in [-0.25, -0.2) is 4.79 Å². The van der Waals surface area contributed by atoms with Crippen LogP contribution in [0.15, 0.2) is 12.7 Å². The van der Waals surface area contributed by atoms with Crippen LogP contribution in [0.4, 0.5) is 5.69 Å². The number of H-pyrrole nitrogens is 1. The van der Waals surface area contributed by atoms with Gasteiger partial charge in [0.15, 0.2) is 6.10 Å². The number of nitrogen functional groups attached to an aromatic ring is 1. The second kappa shape index (κ2) is 7.49. The van der Waals surface area contributed by atoms with Crippen LogP contribution < -0.4 is 16.0 Å². The van der Waals surface area contributed by atoms with Crippen molar-refractivity contribution in [3.8, 4) is 0 Å². The van der Waals surface area contributed by atoms with Crippen molar-refractivity contribution in [3.63, 3.8) is 0 Å². The van der Waals surface area contributed by atoms with E-state index in [9.17, 15) is 9.59 Å². The van der Waals surface area contributed by atoms with Gasteiger partial charge in [-0.15, -0.1) is 6.58 Å². The zero-order chi connectivity index (χ0) is 16.2. The zero-order valence-electron chi connectivity index (χ0n) is 11.0. The van der Waals surface area contributed by atoms with Gasteiger partial charge >= 0.3 is 11.7 Å². The van der Waals surface area contributed by atoms with Crippen LogP contribution in [-0.4, -0.2) is 24.5 Å². The van der Waals surface area contributed by atoms with Gasteiger partial charge in [0.1, 0.15) is 10.0 Å². The van der Waals surface area contributed by atoms with Crippen molar-refractivity contribution in [1.29, 1.82) is 0 Å². The number of pyridine rings is 1. The molecular weight excluding hydrogens is 341 g/mol.